The summed E-state index contributed by atoms with van der Waals surface area (Å²) >= 11 is 0. The summed E-state index contributed by atoms with van der Waals surface area (Å²) < 4.78 is 0. The van der Waals surface area contributed by atoms with Crippen LogP contribution in [0.1, 0.15) is 25.5 Å². The highest BCUT2D eigenvalue weighted by Gasteiger charge is 2.33. The van der Waals surface area contributed by atoms with Crippen LogP contribution in [0.15, 0.2) is 42.6 Å². The van der Waals surface area contributed by atoms with Crippen LogP contribution >= 0.6 is 0 Å². The van der Waals surface area contributed by atoms with E-state index in [9.17, 15) is 9.90 Å². The number of hydrogen-bond acceptors (Lipinski definition) is 5. The number of pyridine rings is 1. The highest BCUT2D eigenvalue weighted by Crippen LogP contribution is 2.32. The van der Waals surface area contributed by atoms with Crippen molar-refractivity contribution in [3.05, 3.63) is 48.2 Å². The molecule has 3 aromatic rings. The number of aromatic nitrogens is 3. The van der Waals surface area contributed by atoms with Gasteiger partial charge in [0.05, 0.1) is 16.9 Å². The van der Waals surface area contributed by atoms with Crippen LogP contribution in [0.5, 0.6) is 0 Å². The standard InChI is InChI=1S/C21H26N6O2/c1-13(12-28)16-10-27(11-16)20-17-9-22-19(8-18(17)25-26-20)24-21(29)23-14(2)15-6-4-3-5-7-15/h3-9,13-14,16,28H,10-12H2,1-2H3,(H,25,26)(H2,22,23,24,29)/t13?,14-/m1/s1. The summed E-state index contributed by atoms with van der Waals surface area (Å²) in [6.45, 7) is 5.96. The van der Waals surface area contributed by atoms with Crippen molar-refractivity contribution in [3.63, 3.8) is 0 Å². The van der Waals surface area contributed by atoms with Crippen molar-refractivity contribution in [2.75, 3.05) is 29.9 Å². The maximum atomic E-state index is 12.3. The molecule has 1 aliphatic heterocycles. The molecule has 1 aliphatic rings. The Bertz CT molecular complexity index is 983. The van der Waals surface area contributed by atoms with E-state index < -0.39 is 0 Å². The summed E-state index contributed by atoms with van der Waals surface area (Å²) in [6, 6.07) is 11.2. The lowest BCUT2D eigenvalue weighted by molar-refractivity contribution is 0.168. The van der Waals surface area contributed by atoms with Crippen LogP contribution in [-0.4, -0.2) is 46.0 Å². The van der Waals surface area contributed by atoms with Gasteiger partial charge in [-0.05, 0) is 24.3 Å². The van der Waals surface area contributed by atoms with Crippen molar-refractivity contribution >= 4 is 28.6 Å². The van der Waals surface area contributed by atoms with Gasteiger partial charge in [-0.2, -0.15) is 5.10 Å². The number of H-pyrrole nitrogens is 1. The molecule has 1 aromatic carbocycles. The topological polar surface area (TPSA) is 106 Å². The lowest BCUT2D eigenvalue weighted by Crippen LogP contribution is -2.50. The molecule has 8 nitrogen and oxygen atoms in total. The Hall–Kier alpha value is -3.13. The molecule has 3 heterocycles. The van der Waals surface area contributed by atoms with Crippen LogP contribution in [0.3, 0.4) is 0 Å². The molecule has 0 saturated carbocycles. The van der Waals surface area contributed by atoms with E-state index in [0.717, 1.165) is 35.4 Å². The first-order valence-electron chi connectivity index (χ1n) is 9.87. The summed E-state index contributed by atoms with van der Waals surface area (Å²) in [5, 5.41) is 23.3. The number of urea groups is 1. The van der Waals surface area contributed by atoms with Crippen LogP contribution in [0.4, 0.5) is 16.4 Å². The van der Waals surface area contributed by atoms with E-state index in [0.29, 0.717) is 17.7 Å². The molecule has 152 valence electrons. The Balaban J connectivity index is 1.39. The van der Waals surface area contributed by atoms with E-state index in [1.165, 1.54) is 0 Å². The van der Waals surface area contributed by atoms with Gasteiger partial charge >= 0.3 is 6.03 Å². The Morgan fingerprint density at radius 1 is 1.31 bits per heavy atom. The number of rotatable bonds is 6. The van der Waals surface area contributed by atoms with Gasteiger partial charge in [-0.1, -0.05) is 37.3 Å². The van der Waals surface area contributed by atoms with Crippen LogP contribution in [-0.2, 0) is 0 Å². The number of hydrogen-bond donors (Lipinski definition) is 4. The molecule has 1 fully saturated rings. The minimum Gasteiger partial charge on any atom is -0.396 e. The van der Waals surface area contributed by atoms with Crippen molar-refractivity contribution in [1.29, 1.82) is 0 Å². The summed E-state index contributed by atoms with van der Waals surface area (Å²) in [6.07, 6.45) is 1.73. The Morgan fingerprint density at radius 3 is 2.79 bits per heavy atom. The molecule has 29 heavy (non-hydrogen) atoms. The molecule has 8 heteroatoms. The SMILES string of the molecule is CC(CO)C1CN(c2n[nH]c3cc(NC(=O)N[C@H](C)c4ccccc4)ncc23)C1. The number of aromatic amines is 1. The highest BCUT2D eigenvalue weighted by molar-refractivity contribution is 5.94. The minimum absolute atomic E-state index is 0.112. The van der Waals surface area contributed by atoms with Gasteiger partial charge in [0.2, 0.25) is 0 Å². The molecule has 1 unspecified atom stereocenters. The van der Waals surface area contributed by atoms with Crippen molar-refractivity contribution in [2.24, 2.45) is 11.8 Å². The van der Waals surface area contributed by atoms with Crippen molar-refractivity contribution in [2.45, 2.75) is 19.9 Å². The van der Waals surface area contributed by atoms with Crippen LogP contribution in [0.25, 0.3) is 10.9 Å². The molecule has 2 aromatic heterocycles. The van der Waals surface area contributed by atoms with Gasteiger partial charge in [-0.3, -0.25) is 10.4 Å². The number of nitrogens with zero attached hydrogens (tertiary/aromatic N) is 3. The molecule has 4 rings (SSSR count). The second kappa shape index (κ2) is 8.08. The molecular formula is C21H26N6O2. The minimum atomic E-state index is -0.309. The first kappa shape index (κ1) is 19.2. The molecule has 0 radical (unpaired) electrons. The predicted molar refractivity (Wildman–Crippen MR) is 113 cm³/mol. The normalized spacial score (nSPS) is 16.3. The third kappa shape index (κ3) is 4.02. The number of amides is 2. The second-order valence-electron chi connectivity index (χ2n) is 7.72. The quantitative estimate of drug-likeness (QED) is 0.514. The predicted octanol–water partition coefficient (Wildman–Crippen LogP) is 2.91. The molecule has 0 aliphatic carbocycles. The van der Waals surface area contributed by atoms with Crippen LogP contribution in [0.2, 0.25) is 0 Å². The van der Waals surface area contributed by atoms with Crippen LogP contribution < -0.4 is 15.5 Å². The molecule has 2 amide bonds. The van der Waals surface area contributed by atoms with Crippen molar-refractivity contribution in [1.82, 2.24) is 20.5 Å². The number of benzene rings is 1. The molecule has 0 bridgehead atoms. The fourth-order valence-electron chi connectivity index (χ4n) is 3.58. The zero-order valence-corrected chi connectivity index (χ0v) is 16.6. The lowest BCUT2D eigenvalue weighted by Gasteiger charge is -2.42. The fourth-order valence-corrected chi connectivity index (χ4v) is 3.58. The molecular weight excluding hydrogens is 368 g/mol. The van der Waals surface area contributed by atoms with Gasteiger partial charge in [0.25, 0.3) is 0 Å². The largest absolute Gasteiger partial charge is 0.396 e. The first-order chi connectivity index (χ1) is 14.0. The van der Waals surface area contributed by atoms with E-state index in [2.05, 4.69) is 37.6 Å². The Kier molecular flexibility index (Phi) is 5.35. The number of anilines is 2. The van der Waals surface area contributed by atoms with E-state index in [1.54, 1.807) is 12.3 Å². The summed E-state index contributed by atoms with van der Waals surface area (Å²) in [7, 11) is 0. The average Bonchev–Trinajstić information content (AvgIpc) is 3.10. The molecule has 4 N–H and O–H groups in total. The van der Waals surface area contributed by atoms with Gasteiger partial charge in [0.15, 0.2) is 5.82 Å². The van der Waals surface area contributed by atoms with Crippen molar-refractivity contribution in [3.8, 4) is 0 Å². The third-order valence-electron chi connectivity index (χ3n) is 5.62. The van der Waals surface area contributed by atoms with Crippen LogP contribution in [0, 0.1) is 11.8 Å². The number of nitrogens with one attached hydrogen (secondary N) is 3. The monoisotopic (exact) mass is 394 g/mol. The Morgan fingerprint density at radius 2 is 2.07 bits per heavy atom. The summed E-state index contributed by atoms with van der Waals surface area (Å²) in [5.74, 6) is 2.10. The molecule has 0 spiro atoms. The smallest absolute Gasteiger partial charge is 0.320 e. The van der Waals surface area contributed by atoms with Gasteiger partial charge in [-0.15, -0.1) is 0 Å². The molecule has 1 saturated heterocycles. The average molecular weight is 394 g/mol. The number of carbonyl (C=O) groups is 1. The maximum absolute atomic E-state index is 12.3. The second-order valence-corrected chi connectivity index (χ2v) is 7.72. The van der Waals surface area contributed by atoms with E-state index in [1.807, 2.05) is 37.3 Å². The lowest BCUT2D eigenvalue weighted by atomic mass is 9.87. The van der Waals surface area contributed by atoms with E-state index in [4.69, 9.17) is 0 Å². The van der Waals surface area contributed by atoms with E-state index >= 15 is 0 Å². The zero-order chi connectivity index (χ0) is 20.4. The Labute approximate surface area is 169 Å². The molecule has 2 atom stereocenters. The number of carbonyl (C=O) groups excluding carboxylic acids is 1. The van der Waals surface area contributed by atoms with E-state index in [-0.39, 0.29) is 18.7 Å². The van der Waals surface area contributed by atoms with Gasteiger partial charge in [-0.25, -0.2) is 9.78 Å². The summed E-state index contributed by atoms with van der Waals surface area (Å²) in [4.78, 5) is 18.9. The highest BCUT2D eigenvalue weighted by atomic mass is 16.3. The number of fused-ring (bicyclic) bond motifs is 1. The zero-order valence-electron chi connectivity index (χ0n) is 16.6. The fraction of sp³-hybridized carbons (Fsp3) is 0.381. The van der Waals surface area contributed by atoms with Gasteiger partial charge < -0.3 is 15.3 Å². The number of aliphatic hydroxyl groups excluding tert-OH is 1. The first-order valence-corrected chi connectivity index (χ1v) is 9.87. The summed E-state index contributed by atoms with van der Waals surface area (Å²) in [5.41, 5.74) is 1.85. The van der Waals surface area contributed by atoms with Gasteiger partial charge in [0, 0.05) is 32.0 Å². The van der Waals surface area contributed by atoms with Crippen molar-refractivity contribution < 1.29 is 9.90 Å². The third-order valence-corrected chi connectivity index (χ3v) is 5.62. The van der Waals surface area contributed by atoms with Gasteiger partial charge in [0.1, 0.15) is 5.82 Å². The number of aliphatic hydroxyl groups is 1. The maximum Gasteiger partial charge on any atom is 0.320 e.